The van der Waals surface area contributed by atoms with Gasteiger partial charge in [0, 0.05) is 0 Å². The predicted octanol–water partition coefficient (Wildman–Crippen LogP) is 4.93. The van der Waals surface area contributed by atoms with Crippen LogP contribution in [-0.4, -0.2) is 8.07 Å². The number of benzene rings is 1. The Kier molecular flexibility index (Phi) is 4.02. The number of rotatable bonds is 3. The van der Waals surface area contributed by atoms with Crippen LogP contribution in [0, 0.1) is 6.92 Å². The summed E-state index contributed by atoms with van der Waals surface area (Å²) in [5.74, 6) is 0. The average molecular weight is 241 g/mol. The zero-order valence-corrected chi connectivity index (χ0v) is 12.1. The Morgan fingerprint density at radius 3 is 1.93 bits per heavy atom. The Morgan fingerprint density at radius 2 is 1.53 bits per heavy atom. The molecule has 0 spiro atoms. The summed E-state index contributed by atoms with van der Waals surface area (Å²) in [5, 5.41) is 0.220. The van der Waals surface area contributed by atoms with Crippen LogP contribution in [0.15, 0.2) is 24.3 Å². The summed E-state index contributed by atoms with van der Waals surface area (Å²) in [6, 6.07) is 8.64. The van der Waals surface area contributed by atoms with Gasteiger partial charge >= 0.3 is 0 Å². The highest BCUT2D eigenvalue weighted by molar-refractivity contribution is 6.85. The highest BCUT2D eigenvalue weighted by atomic mass is 35.5. The maximum Gasteiger partial charge on any atom is 0.0760 e. The quantitative estimate of drug-likeness (QED) is 0.519. The molecule has 0 amide bonds. The Bertz CT molecular complexity index is 314. The van der Waals surface area contributed by atoms with Gasteiger partial charge in [-0.05, 0) is 18.0 Å². The van der Waals surface area contributed by atoms with E-state index in [0.29, 0.717) is 5.54 Å². The molecular formula is C13H21ClSi. The molecule has 0 aliphatic heterocycles. The maximum absolute atomic E-state index is 6.61. The molecule has 2 heteroatoms. The third-order valence-corrected chi connectivity index (χ3v) is 10.1. The van der Waals surface area contributed by atoms with Gasteiger partial charge in [-0.2, -0.15) is 0 Å². The number of aryl methyl sites for hydroxylation is 1. The van der Waals surface area contributed by atoms with E-state index in [1.54, 1.807) is 0 Å². The minimum atomic E-state index is -1.38. The minimum absolute atomic E-state index is 0.220. The van der Waals surface area contributed by atoms with Crippen LogP contribution in [0.5, 0.6) is 0 Å². The molecule has 0 fully saturated rings. The Hall–Kier alpha value is -0.273. The fourth-order valence-corrected chi connectivity index (χ4v) is 4.00. The molecule has 0 heterocycles. The van der Waals surface area contributed by atoms with Crippen molar-refractivity contribution < 1.29 is 0 Å². The van der Waals surface area contributed by atoms with Crippen LogP contribution in [0.3, 0.4) is 0 Å². The van der Waals surface area contributed by atoms with Crippen molar-refractivity contribution in [3.8, 4) is 0 Å². The van der Waals surface area contributed by atoms with Gasteiger partial charge in [0.25, 0.3) is 0 Å². The molecule has 0 N–H and O–H groups in total. The van der Waals surface area contributed by atoms with Crippen LogP contribution >= 0.6 is 11.6 Å². The van der Waals surface area contributed by atoms with E-state index < -0.39 is 8.07 Å². The van der Waals surface area contributed by atoms with Gasteiger partial charge < -0.3 is 0 Å². The Balaban J connectivity index is 2.94. The van der Waals surface area contributed by atoms with Crippen molar-refractivity contribution in [1.29, 1.82) is 0 Å². The summed E-state index contributed by atoms with van der Waals surface area (Å²) in [5.41, 5.74) is 3.29. The van der Waals surface area contributed by atoms with E-state index >= 15 is 0 Å². The van der Waals surface area contributed by atoms with E-state index in [1.165, 1.54) is 11.1 Å². The topological polar surface area (TPSA) is 0 Å². The second-order valence-electron chi connectivity index (χ2n) is 5.25. The van der Waals surface area contributed by atoms with Crippen molar-refractivity contribution in [2.75, 3.05) is 0 Å². The van der Waals surface area contributed by atoms with Crippen molar-refractivity contribution in [1.82, 2.24) is 0 Å². The normalized spacial score (nSPS) is 14.3. The molecule has 1 atom stereocenters. The van der Waals surface area contributed by atoms with Crippen LogP contribution in [0.2, 0.25) is 18.6 Å². The van der Waals surface area contributed by atoms with Gasteiger partial charge in [-0.3, -0.25) is 0 Å². The molecule has 1 rings (SSSR count). The molecule has 0 saturated carbocycles. The van der Waals surface area contributed by atoms with Gasteiger partial charge in [0.15, 0.2) is 0 Å². The largest absolute Gasteiger partial charge is 0.121 e. The van der Waals surface area contributed by atoms with E-state index in [-0.39, 0.29) is 5.00 Å². The fraction of sp³-hybridized carbons (Fsp3) is 0.538. The summed E-state index contributed by atoms with van der Waals surface area (Å²) in [4.78, 5) is 0. The standard InChI is InChI=1S/C13H21ClSi/c1-10(2)15(4,5)13(14)12-8-6-11(3)7-9-12/h6-10,13H,1-5H3. The second-order valence-corrected chi connectivity index (χ2v) is 11.4. The summed E-state index contributed by atoms with van der Waals surface area (Å²) in [6.07, 6.45) is 0. The number of halogens is 1. The molecule has 0 nitrogen and oxygen atoms in total. The van der Waals surface area contributed by atoms with E-state index in [1.807, 2.05) is 0 Å². The Morgan fingerprint density at radius 1 is 1.07 bits per heavy atom. The lowest BCUT2D eigenvalue weighted by Crippen LogP contribution is -2.35. The predicted molar refractivity (Wildman–Crippen MR) is 72.4 cm³/mol. The first-order valence-corrected chi connectivity index (χ1v) is 9.15. The third kappa shape index (κ3) is 2.85. The summed E-state index contributed by atoms with van der Waals surface area (Å²) < 4.78 is 0. The van der Waals surface area contributed by atoms with Crippen LogP contribution in [0.4, 0.5) is 0 Å². The van der Waals surface area contributed by atoms with Crippen molar-refractivity contribution in [3.63, 3.8) is 0 Å². The molecule has 0 aliphatic carbocycles. The molecule has 1 aromatic carbocycles. The first-order chi connectivity index (χ1) is 6.85. The molecule has 0 aliphatic rings. The molecule has 0 bridgehead atoms. The van der Waals surface area contributed by atoms with Crippen LogP contribution < -0.4 is 0 Å². The van der Waals surface area contributed by atoms with Gasteiger partial charge in [0.05, 0.1) is 13.1 Å². The molecule has 0 saturated heterocycles. The fourth-order valence-electron chi connectivity index (χ4n) is 1.46. The molecule has 1 aromatic rings. The summed E-state index contributed by atoms with van der Waals surface area (Å²) in [7, 11) is -1.38. The smallest absolute Gasteiger partial charge is 0.0760 e. The van der Waals surface area contributed by atoms with Crippen molar-refractivity contribution >= 4 is 19.7 Å². The Labute approximate surface area is 99.7 Å². The SMILES string of the molecule is Cc1ccc(C(Cl)[Si](C)(C)C(C)C)cc1. The molecule has 0 aromatic heterocycles. The monoisotopic (exact) mass is 240 g/mol. The van der Waals surface area contributed by atoms with Gasteiger partial charge in [0.2, 0.25) is 0 Å². The van der Waals surface area contributed by atoms with Crippen molar-refractivity contribution in [2.45, 2.75) is 44.4 Å². The first kappa shape index (κ1) is 12.8. The number of hydrogen-bond acceptors (Lipinski definition) is 0. The number of hydrogen-bond donors (Lipinski definition) is 0. The summed E-state index contributed by atoms with van der Waals surface area (Å²) in [6.45, 7) is 11.4. The average Bonchev–Trinajstić information content (AvgIpc) is 2.17. The zero-order valence-electron chi connectivity index (χ0n) is 10.3. The van der Waals surface area contributed by atoms with Gasteiger partial charge in [0.1, 0.15) is 0 Å². The minimum Gasteiger partial charge on any atom is -0.121 e. The highest BCUT2D eigenvalue weighted by Gasteiger charge is 2.34. The lowest BCUT2D eigenvalue weighted by molar-refractivity contribution is 0.977. The third-order valence-electron chi connectivity index (χ3n) is 3.51. The molecule has 0 radical (unpaired) electrons. The lowest BCUT2D eigenvalue weighted by atomic mass is 10.2. The summed E-state index contributed by atoms with van der Waals surface area (Å²) >= 11 is 6.61. The number of alkyl halides is 1. The van der Waals surface area contributed by atoms with E-state index in [2.05, 4.69) is 58.1 Å². The van der Waals surface area contributed by atoms with E-state index in [9.17, 15) is 0 Å². The van der Waals surface area contributed by atoms with Gasteiger partial charge in [-0.25, -0.2) is 0 Å². The molecular weight excluding hydrogens is 220 g/mol. The molecule has 1 unspecified atom stereocenters. The lowest BCUT2D eigenvalue weighted by Gasteiger charge is -2.32. The highest BCUT2D eigenvalue weighted by Crippen LogP contribution is 2.38. The second kappa shape index (κ2) is 4.71. The van der Waals surface area contributed by atoms with E-state index in [0.717, 1.165) is 0 Å². The van der Waals surface area contributed by atoms with Crippen LogP contribution in [-0.2, 0) is 0 Å². The molecule has 15 heavy (non-hydrogen) atoms. The van der Waals surface area contributed by atoms with Crippen LogP contribution in [0.25, 0.3) is 0 Å². The van der Waals surface area contributed by atoms with Crippen molar-refractivity contribution in [3.05, 3.63) is 35.4 Å². The van der Waals surface area contributed by atoms with Crippen LogP contribution in [0.1, 0.15) is 30.0 Å². The molecule has 84 valence electrons. The maximum atomic E-state index is 6.61. The zero-order chi connectivity index (χ0) is 11.6. The van der Waals surface area contributed by atoms with Gasteiger partial charge in [-0.1, -0.05) is 56.8 Å². The van der Waals surface area contributed by atoms with Crippen molar-refractivity contribution in [2.24, 2.45) is 0 Å². The first-order valence-electron chi connectivity index (χ1n) is 5.56. The van der Waals surface area contributed by atoms with Gasteiger partial charge in [-0.15, -0.1) is 11.6 Å². The van der Waals surface area contributed by atoms with E-state index in [4.69, 9.17) is 11.6 Å².